The molecule has 1 aromatic carbocycles. The van der Waals surface area contributed by atoms with Crippen LogP contribution in [0.15, 0.2) is 30.3 Å². The minimum absolute atomic E-state index is 0.471. The van der Waals surface area contributed by atoms with Crippen molar-refractivity contribution in [2.45, 2.75) is 6.61 Å². The third-order valence-corrected chi connectivity index (χ3v) is 3.19. The van der Waals surface area contributed by atoms with Gasteiger partial charge in [-0.25, -0.2) is 0 Å². The molecule has 1 aromatic rings. The lowest BCUT2D eigenvalue weighted by Crippen LogP contribution is -2.36. The molecule has 4 nitrogen and oxygen atoms in total. The molecule has 0 N–H and O–H groups in total. The predicted molar refractivity (Wildman–Crippen MR) is 82.0 cm³/mol. The lowest BCUT2D eigenvalue weighted by Gasteiger charge is -2.24. The van der Waals surface area contributed by atoms with E-state index in [1.807, 2.05) is 18.2 Å². The topological polar surface area (TPSA) is 30.9 Å². The number of morpholine rings is 1. The molecule has 0 unspecified atom stereocenters. The monoisotopic (exact) mass is 289 g/mol. The van der Waals surface area contributed by atoms with Gasteiger partial charge < -0.3 is 14.2 Å². The molecule has 1 aliphatic rings. The van der Waals surface area contributed by atoms with E-state index in [4.69, 9.17) is 14.2 Å². The number of hydrogen-bond acceptors (Lipinski definition) is 4. The second-order valence-corrected chi connectivity index (χ2v) is 4.83. The van der Waals surface area contributed by atoms with Crippen molar-refractivity contribution in [2.24, 2.45) is 0 Å². The van der Waals surface area contributed by atoms with Crippen LogP contribution in [0.5, 0.6) is 0 Å². The normalized spacial score (nSPS) is 15.4. The fourth-order valence-electron chi connectivity index (χ4n) is 1.98. The molecular formula is C17H23NO3. The van der Waals surface area contributed by atoms with Crippen LogP contribution in [0.25, 0.3) is 0 Å². The molecule has 0 saturated carbocycles. The van der Waals surface area contributed by atoms with Gasteiger partial charge in [-0.3, -0.25) is 4.90 Å². The molecule has 0 aliphatic carbocycles. The molecule has 0 radical (unpaired) electrons. The summed E-state index contributed by atoms with van der Waals surface area (Å²) in [5.41, 5.74) is 1.18. The number of hydrogen-bond donors (Lipinski definition) is 0. The highest BCUT2D eigenvalue weighted by Crippen LogP contribution is 1.99. The Kier molecular flexibility index (Phi) is 7.89. The van der Waals surface area contributed by atoms with E-state index < -0.39 is 0 Å². The van der Waals surface area contributed by atoms with Gasteiger partial charge in [0.25, 0.3) is 0 Å². The number of rotatable bonds is 7. The summed E-state index contributed by atoms with van der Waals surface area (Å²) in [6, 6.07) is 10.1. The Hall–Kier alpha value is -1.38. The van der Waals surface area contributed by atoms with Crippen molar-refractivity contribution in [3.05, 3.63) is 35.9 Å². The van der Waals surface area contributed by atoms with Gasteiger partial charge in [-0.2, -0.15) is 0 Å². The highest BCUT2D eigenvalue weighted by molar-refractivity contribution is 5.13. The Labute approximate surface area is 127 Å². The minimum Gasteiger partial charge on any atom is -0.379 e. The van der Waals surface area contributed by atoms with Crippen molar-refractivity contribution in [1.82, 2.24) is 4.90 Å². The summed E-state index contributed by atoms with van der Waals surface area (Å²) in [6.45, 7) is 6.67. The first-order valence-electron chi connectivity index (χ1n) is 7.40. The zero-order valence-electron chi connectivity index (χ0n) is 12.4. The maximum Gasteiger partial charge on any atom is 0.107 e. The Balaban J connectivity index is 1.43. The maximum atomic E-state index is 5.53. The third kappa shape index (κ3) is 7.26. The average Bonchev–Trinajstić information content (AvgIpc) is 2.55. The van der Waals surface area contributed by atoms with Crippen molar-refractivity contribution < 1.29 is 14.2 Å². The van der Waals surface area contributed by atoms with Crippen LogP contribution < -0.4 is 0 Å². The molecule has 21 heavy (non-hydrogen) atoms. The maximum absolute atomic E-state index is 5.53. The molecule has 1 heterocycles. The first-order chi connectivity index (χ1) is 10.4. The molecule has 0 aromatic heterocycles. The number of benzene rings is 1. The third-order valence-electron chi connectivity index (χ3n) is 3.19. The summed E-state index contributed by atoms with van der Waals surface area (Å²) in [4.78, 5) is 2.29. The molecule has 1 fully saturated rings. The molecule has 0 bridgehead atoms. The lowest BCUT2D eigenvalue weighted by atomic mass is 10.2. The molecule has 2 rings (SSSR count). The van der Waals surface area contributed by atoms with Gasteiger partial charge in [0.1, 0.15) is 6.61 Å². The zero-order valence-corrected chi connectivity index (χ0v) is 12.4. The van der Waals surface area contributed by atoms with E-state index in [2.05, 4.69) is 28.9 Å². The van der Waals surface area contributed by atoms with Crippen molar-refractivity contribution >= 4 is 0 Å². The van der Waals surface area contributed by atoms with Gasteiger partial charge in [0.05, 0.1) is 39.6 Å². The first kappa shape index (κ1) is 16.0. The van der Waals surface area contributed by atoms with Crippen LogP contribution in [0.1, 0.15) is 5.56 Å². The lowest BCUT2D eigenvalue weighted by molar-refractivity contribution is 0.0441. The second-order valence-electron chi connectivity index (χ2n) is 4.83. The molecule has 1 aliphatic heterocycles. The average molecular weight is 289 g/mol. The van der Waals surface area contributed by atoms with Crippen molar-refractivity contribution in [2.75, 3.05) is 52.7 Å². The van der Waals surface area contributed by atoms with Crippen LogP contribution in [-0.2, 0) is 20.8 Å². The van der Waals surface area contributed by atoms with Crippen LogP contribution >= 0.6 is 0 Å². The van der Waals surface area contributed by atoms with Crippen LogP contribution in [-0.4, -0.2) is 57.6 Å². The Morgan fingerprint density at radius 3 is 2.57 bits per heavy atom. The molecule has 4 heteroatoms. The molecule has 0 amide bonds. The van der Waals surface area contributed by atoms with E-state index in [1.165, 1.54) is 5.56 Å². The van der Waals surface area contributed by atoms with E-state index in [0.29, 0.717) is 26.4 Å². The van der Waals surface area contributed by atoms with E-state index >= 15 is 0 Å². The Morgan fingerprint density at radius 2 is 1.76 bits per heavy atom. The quantitative estimate of drug-likeness (QED) is 0.563. The van der Waals surface area contributed by atoms with Gasteiger partial charge in [0.15, 0.2) is 0 Å². The number of ether oxygens (including phenoxy) is 3. The summed E-state index contributed by atoms with van der Waals surface area (Å²) in [7, 11) is 0. The first-order valence-corrected chi connectivity index (χ1v) is 7.40. The SMILES string of the molecule is C(#CCN1CCOCC1)COCCOCc1ccccc1. The van der Waals surface area contributed by atoms with Gasteiger partial charge in [-0.1, -0.05) is 42.2 Å². The second kappa shape index (κ2) is 10.4. The van der Waals surface area contributed by atoms with E-state index in [1.54, 1.807) is 0 Å². The highest BCUT2D eigenvalue weighted by Gasteiger charge is 2.07. The zero-order chi connectivity index (χ0) is 14.6. The predicted octanol–water partition coefficient (Wildman–Crippen LogP) is 1.56. The smallest absolute Gasteiger partial charge is 0.107 e. The molecular weight excluding hydrogens is 266 g/mol. The van der Waals surface area contributed by atoms with Crippen molar-refractivity contribution in [1.29, 1.82) is 0 Å². The highest BCUT2D eigenvalue weighted by atomic mass is 16.5. The van der Waals surface area contributed by atoms with Gasteiger partial charge >= 0.3 is 0 Å². The summed E-state index contributed by atoms with van der Waals surface area (Å²) >= 11 is 0. The summed E-state index contributed by atoms with van der Waals surface area (Å²) in [6.07, 6.45) is 0. The fourth-order valence-corrected chi connectivity index (χ4v) is 1.98. The summed E-state index contributed by atoms with van der Waals surface area (Å²) < 4.78 is 16.2. The van der Waals surface area contributed by atoms with E-state index in [-0.39, 0.29) is 0 Å². The molecule has 0 spiro atoms. The largest absolute Gasteiger partial charge is 0.379 e. The van der Waals surface area contributed by atoms with Crippen LogP contribution in [0.4, 0.5) is 0 Å². The Bertz CT molecular complexity index is 432. The van der Waals surface area contributed by atoms with Crippen LogP contribution in [0.2, 0.25) is 0 Å². The summed E-state index contributed by atoms with van der Waals surface area (Å²) in [5.74, 6) is 6.16. The van der Waals surface area contributed by atoms with Gasteiger partial charge in [0, 0.05) is 13.1 Å². The summed E-state index contributed by atoms with van der Waals surface area (Å²) in [5, 5.41) is 0. The molecule has 1 saturated heterocycles. The van der Waals surface area contributed by atoms with E-state index in [9.17, 15) is 0 Å². The fraction of sp³-hybridized carbons (Fsp3) is 0.529. The Morgan fingerprint density at radius 1 is 1.00 bits per heavy atom. The van der Waals surface area contributed by atoms with Gasteiger partial charge in [-0.15, -0.1) is 0 Å². The van der Waals surface area contributed by atoms with Crippen LogP contribution in [0.3, 0.4) is 0 Å². The number of nitrogens with zero attached hydrogens (tertiary/aromatic N) is 1. The minimum atomic E-state index is 0.471. The van der Waals surface area contributed by atoms with Crippen LogP contribution in [0, 0.1) is 11.8 Å². The van der Waals surface area contributed by atoms with Crippen molar-refractivity contribution in [3.8, 4) is 11.8 Å². The standard InChI is InChI=1S/C17H23NO3/c1-2-6-17(7-3-1)16-21-15-14-19-11-5-4-8-18-9-12-20-13-10-18/h1-3,6-7H,8-16H2. The molecule has 0 atom stereocenters. The van der Waals surface area contributed by atoms with Gasteiger partial charge in [-0.05, 0) is 5.56 Å². The van der Waals surface area contributed by atoms with Crippen molar-refractivity contribution in [3.63, 3.8) is 0 Å². The molecule has 114 valence electrons. The van der Waals surface area contributed by atoms with Gasteiger partial charge in [0.2, 0.25) is 0 Å². The van der Waals surface area contributed by atoms with E-state index in [0.717, 1.165) is 32.8 Å².